The minimum absolute atomic E-state index is 0.264. The summed E-state index contributed by atoms with van der Waals surface area (Å²) in [5, 5.41) is 0.811. The van der Waals surface area contributed by atoms with E-state index < -0.39 is 11.4 Å². The number of hydrogen-bond acceptors (Lipinski definition) is 2. The van der Waals surface area contributed by atoms with Crippen molar-refractivity contribution in [3.63, 3.8) is 0 Å². The Balaban J connectivity index is 2.36. The number of rotatable bonds is 2. The fourth-order valence-electron chi connectivity index (χ4n) is 1.73. The Hall–Kier alpha value is -1.33. The lowest BCUT2D eigenvalue weighted by Gasteiger charge is -2.17. The predicted octanol–water partition coefficient (Wildman–Crippen LogP) is 3.20. The van der Waals surface area contributed by atoms with Crippen molar-refractivity contribution in [1.29, 1.82) is 0 Å². The van der Waals surface area contributed by atoms with E-state index in [1.54, 1.807) is 12.3 Å². The molecule has 19 heavy (non-hydrogen) atoms. The Labute approximate surface area is 115 Å². The topological polar surface area (TPSA) is 40.3 Å². The molecule has 3 nitrogen and oxygen atoms in total. The zero-order valence-electron chi connectivity index (χ0n) is 11.5. The van der Waals surface area contributed by atoms with Crippen LogP contribution in [0.5, 0.6) is 0 Å². The van der Waals surface area contributed by atoms with E-state index in [1.807, 2.05) is 38.5 Å². The molecule has 0 aliphatic heterocycles. The van der Waals surface area contributed by atoms with Crippen molar-refractivity contribution in [2.24, 2.45) is 11.4 Å². The van der Waals surface area contributed by atoms with Crippen molar-refractivity contribution in [1.82, 2.24) is 4.57 Å². The molecule has 0 saturated carbocycles. The van der Waals surface area contributed by atoms with Crippen LogP contribution in [0.2, 0.25) is 0 Å². The largest absolute Gasteiger partial charge is 0.591 e. The molecule has 0 amide bonds. The summed E-state index contributed by atoms with van der Waals surface area (Å²) in [5.41, 5.74) is 1.72. The van der Waals surface area contributed by atoms with Gasteiger partial charge < -0.3 is 9.12 Å². The minimum atomic E-state index is -1.29. The highest BCUT2D eigenvalue weighted by molar-refractivity contribution is 7.91. The normalized spacial score (nSPS) is 14.4. The lowest BCUT2D eigenvalue weighted by Crippen LogP contribution is -2.25. The monoisotopic (exact) mass is 280 g/mol. The minimum Gasteiger partial charge on any atom is -0.591 e. The lowest BCUT2D eigenvalue weighted by atomic mass is 10.2. The van der Waals surface area contributed by atoms with Crippen molar-refractivity contribution in [2.75, 3.05) is 0 Å². The third-order valence-corrected chi connectivity index (χ3v) is 4.19. The average Bonchev–Trinajstić information content (AvgIpc) is 2.61. The van der Waals surface area contributed by atoms with Gasteiger partial charge in [-0.3, -0.25) is 0 Å². The van der Waals surface area contributed by atoms with Crippen LogP contribution in [0.25, 0.3) is 10.9 Å². The predicted molar refractivity (Wildman–Crippen MR) is 78.4 cm³/mol. The van der Waals surface area contributed by atoms with Crippen molar-refractivity contribution in [2.45, 2.75) is 25.5 Å². The first-order chi connectivity index (χ1) is 8.79. The van der Waals surface area contributed by atoms with E-state index in [4.69, 9.17) is 0 Å². The molecule has 0 saturated heterocycles. The van der Waals surface area contributed by atoms with Gasteiger partial charge in [0, 0.05) is 18.0 Å². The summed E-state index contributed by atoms with van der Waals surface area (Å²) in [5.74, 6) is -0.264. The van der Waals surface area contributed by atoms with Gasteiger partial charge in [0.2, 0.25) is 0 Å². The zero-order valence-corrected chi connectivity index (χ0v) is 12.3. The standard InChI is InChI=1S/C14H17FN2OS/c1-14(2,3)19(18)16-9-12-8-10-7-11(15)5-6-13(10)17(12)4/h5-9H,1-4H3/t19-/m1/s1. The maximum atomic E-state index is 13.2. The van der Waals surface area contributed by atoms with E-state index in [2.05, 4.69) is 4.40 Å². The summed E-state index contributed by atoms with van der Waals surface area (Å²) in [6, 6.07) is 6.47. The Bertz CT molecular complexity index is 628. The highest BCUT2D eigenvalue weighted by Crippen LogP contribution is 2.20. The number of hydrogen-bond donors (Lipinski definition) is 0. The number of fused-ring (bicyclic) bond motifs is 1. The Morgan fingerprint density at radius 2 is 2.00 bits per heavy atom. The molecule has 1 aromatic carbocycles. The Morgan fingerprint density at radius 1 is 1.32 bits per heavy atom. The molecular formula is C14H17FN2OS. The van der Waals surface area contributed by atoms with Crippen LogP contribution < -0.4 is 0 Å². The summed E-state index contributed by atoms with van der Waals surface area (Å²) >= 11 is -1.29. The fourth-order valence-corrected chi connectivity index (χ4v) is 2.25. The van der Waals surface area contributed by atoms with Crippen molar-refractivity contribution in [3.05, 3.63) is 35.8 Å². The van der Waals surface area contributed by atoms with E-state index in [9.17, 15) is 8.94 Å². The van der Waals surface area contributed by atoms with Gasteiger partial charge in [0.05, 0.1) is 5.69 Å². The maximum absolute atomic E-state index is 13.2. The molecule has 0 aliphatic rings. The summed E-state index contributed by atoms with van der Waals surface area (Å²) in [6.45, 7) is 5.62. The van der Waals surface area contributed by atoms with E-state index >= 15 is 0 Å². The highest BCUT2D eigenvalue weighted by atomic mass is 32.2. The first-order valence-electron chi connectivity index (χ1n) is 6.00. The molecular weight excluding hydrogens is 263 g/mol. The Kier molecular flexibility index (Phi) is 3.69. The second-order valence-corrected chi connectivity index (χ2v) is 7.36. The van der Waals surface area contributed by atoms with Crippen LogP contribution in [0.4, 0.5) is 4.39 Å². The first-order valence-corrected chi connectivity index (χ1v) is 7.11. The van der Waals surface area contributed by atoms with Crippen LogP contribution in [0.1, 0.15) is 26.5 Å². The van der Waals surface area contributed by atoms with Crippen LogP contribution >= 0.6 is 0 Å². The van der Waals surface area contributed by atoms with Crippen LogP contribution in [0, 0.1) is 5.82 Å². The van der Waals surface area contributed by atoms with Gasteiger partial charge in [-0.1, -0.05) is 4.40 Å². The molecule has 1 heterocycles. The SMILES string of the molecule is Cn1c(C=N[S@+]([O-])C(C)(C)C)cc2cc(F)ccc21. The van der Waals surface area contributed by atoms with Gasteiger partial charge in [0.25, 0.3) is 0 Å². The van der Waals surface area contributed by atoms with E-state index in [1.165, 1.54) is 12.1 Å². The van der Waals surface area contributed by atoms with Gasteiger partial charge in [-0.2, -0.15) is 0 Å². The number of halogens is 1. The van der Waals surface area contributed by atoms with E-state index in [-0.39, 0.29) is 10.6 Å². The summed E-state index contributed by atoms with van der Waals surface area (Å²) in [6.07, 6.45) is 1.58. The molecule has 1 aromatic heterocycles. The molecule has 0 N–H and O–H groups in total. The summed E-state index contributed by atoms with van der Waals surface area (Å²) < 4.78 is 30.6. The highest BCUT2D eigenvalue weighted by Gasteiger charge is 2.25. The van der Waals surface area contributed by atoms with Crippen LogP contribution in [-0.4, -0.2) is 20.1 Å². The van der Waals surface area contributed by atoms with Gasteiger partial charge in [0.1, 0.15) is 28.1 Å². The third kappa shape index (κ3) is 2.98. The fraction of sp³-hybridized carbons (Fsp3) is 0.357. The van der Waals surface area contributed by atoms with Crippen molar-refractivity contribution < 1.29 is 8.94 Å². The molecule has 102 valence electrons. The average molecular weight is 280 g/mol. The molecule has 2 rings (SSSR count). The number of aromatic nitrogens is 1. The molecule has 5 heteroatoms. The number of aryl methyl sites for hydroxylation is 1. The smallest absolute Gasteiger partial charge is 0.144 e. The van der Waals surface area contributed by atoms with E-state index in [0.717, 1.165) is 16.6 Å². The van der Waals surface area contributed by atoms with Crippen LogP contribution in [-0.2, 0) is 18.4 Å². The molecule has 0 fully saturated rings. The van der Waals surface area contributed by atoms with Gasteiger partial charge in [-0.15, -0.1) is 0 Å². The molecule has 0 bridgehead atoms. The van der Waals surface area contributed by atoms with Crippen molar-refractivity contribution in [3.8, 4) is 0 Å². The van der Waals surface area contributed by atoms with Gasteiger partial charge >= 0.3 is 0 Å². The Morgan fingerprint density at radius 3 is 2.63 bits per heavy atom. The molecule has 0 spiro atoms. The lowest BCUT2D eigenvalue weighted by molar-refractivity contribution is 0.561. The number of benzene rings is 1. The second kappa shape index (κ2) is 4.98. The molecule has 0 radical (unpaired) electrons. The third-order valence-electron chi connectivity index (χ3n) is 2.85. The molecule has 1 atom stereocenters. The van der Waals surface area contributed by atoms with Crippen molar-refractivity contribution >= 4 is 28.5 Å². The van der Waals surface area contributed by atoms with Gasteiger partial charge in [0.15, 0.2) is 0 Å². The summed E-state index contributed by atoms with van der Waals surface area (Å²) in [7, 11) is 1.88. The maximum Gasteiger partial charge on any atom is 0.144 e. The second-order valence-electron chi connectivity index (χ2n) is 5.43. The zero-order chi connectivity index (χ0) is 14.2. The quantitative estimate of drug-likeness (QED) is 0.615. The van der Waals surface area contributed by atoms with Gasteiger partial charge in [-0.25, -0.2) is 4.39 Å². The van der Waals surface area contributed by atoms with Gasteiger partial charge in [-0.05, 0) is 45.0 Å². The van der Waals surface area contributed by atoms with Crippen LogP contribution in [0.3, 0.4) is 0 Å². The van der Waals surface area contributed by atoms with E-state index in [0.29, 0.717) is 0 Å². The molecule has 2 aromatic rings. The van der Waals surface area contributed by atoms with Crippen LogP contribution in [0.15, 0.2) is 28.7 Å². The molecule has 0 aliphatic carbocycles. The molecule has 0 unspecified atom stereocenters. The first kappa shape index (κ1) is 14.1. The number of nitrogens with zero attached hydrogens (tertiary/aromatic N) is 2. The summed E-state index contributed by atoms with van der Waals surface area (Å²) in [4.78, 5) is 0.